The number of hydrogen-bond acceptors (Lipinski definition) is 4. The van der Waals surface area contributed by atoms with E-state index in [1.807, 2.05) is 0 Å². The quantitative estimate of drug-likeness (QED) is 0.379. The van der Waals surface area contributed by atoms with Gasteiger partial charge in [0.1, 0.15) is 0 Å². The number of carbonyl (C=O) groups excluding carboxylic acids is 1. The van der Waals surface area contributed by atoms with Crippen molar-refractivity contribution in [2.45, 2.75) is 11.8 Å². The number of nitro groups is 1. The lowest BCUT2D eigenvalue weighted by molar-refractivity contribution is -0.385. The number of hydrogen-bond donors (Lipinski definition) is 1. The molecule has 0 spiro atoms. The predicted molar refractivity (Wildman–Crippen MR) is 82.6 cm³/mol. The van der Waals surface area contributed by atoms with E-state index in [0.29, 0.717) is 11.1 Å². The minimum Gasteiger partial charge on any atom is -0.480 e. The van der Waals surface area contributed by atoms with Crippen LogP contribution in [-0.2, 0) is 11.2 Å². The van der Waals surface area contributed by atoms with E-state index in [-0.39, 0.29) is 17.7 Å². The molecule has 23 heavy (non-hydrogen) atoms. The molecule has 0 bridgehead atoms. The second-order valence-electron chi connectivity index (χ2n) is 4.73. The van der Waals surface area contributed by atoms with Crippen LogP contribution in [-0.4, -0.2) is 21.8 Å². The second kappa shape index (κ2) is 7.02. The zero-order valence-corrected chi connectivity index (χ0v) is 12.5. The number of carboxylic acids is 1. The van der Waals surface area contributed by atoms with Crippen LogP contribution < -0.4 is 0 Å². The number of nitro benzene ring substituents is 1. The fourth-order valence-corrected chi connectivity index (χ4v) is 2.18. The van der Waals surface area contributed by atoms with Crippen LogP contribution in [0.3, 0.4) is 0 Å². The van der Waals surface area contributed by atoms with E-state index in [1.54, 1.807) is 12.1 Å². The molecule has 0 aliphatic carbocycles. The van der Waals surface area contributed by atoms with Crippen molar-refractivity contribution in [1.29, 1.82) is 0 Å². The van der Waals surface area contributed by atoms with Crippen LogP contribution in [0.25, 0.3) is 0 Å². The van der Waals surface area contributed by atoms with Gasteiger partial charge in [-0.05, 0) is 23.3 Å². The summed E-state index contributed by atoms with van der Waals surface area (Å²) in [5.74, 6) is -1.58. The second-order valence-corrected chi connectivity index (χ2v) is 5.17. The van der Waals surface area contributed by atoms with Crippen molar-refractivity contribution in [3.8, 4) is 0 Å². The molecule has 0 saturated heterocycles. The Bertz CT molecular complexity index is 757. The van der Waals surface area contributed by atoms with Gasteiger partial charge in [0.05, 0.1) is 16.6 Å². The molecule has 0 aliphatic rings. The average molecular weight is 333 g/mol. The SMILES string of the molecule is O=C(Cc1ccc(C(Cl)C(=O)O)cc1)c1ccc[c]c1[N+](=O)[O-]. The van der Waals surface area contributed by atoms with Crippen LogP contribution in [0, 0.1) is 16.2 Å². The van der Waals surface area contributed by atoms with E-state index in [4.69, 9.17) is 16.7 Å². The maximum absolute atomic E-state index is 12.2. The highest BCUT2D eigenvalue weighted by Crippen LogP contribution is 2.22. The summed E-state index contributed by atoms with van der Waals surface area (Å²) in [6, 6.07) is 12.9. The third-order valence-electron chi connectivity index (χ3n) is 3.17. The van der Waals surface area contributed by atoms with Crippen LogP contribution in [0.15, 0.2) is 42.5 Å². The first-order valence-corrected chi connectivity index (χ1v) is 6.98. The molecule has 0 aromatic heterocycles. The normalized spacial score (nSPS) is 11.7. The zero-order chi connectivity index (χ0) is 17.0. The summed E-state index contributed by atoms with van der Waals surface area (Å²) in [5.41, 5.74) is 0.628. The Kier molecular flexibility index (Phi) is 5.08. The number of ketones is 1. The van der Waals surface area contributed by atoms with Gasteiger partial charge in [-0.2, -0.15) is 0 Å². The van der Waals surface area contributed by atoms with Gasteiger partial charge in [0, 0.05) is 6.42 Å². The standard InChI is InChI=1S/C16H11ClNO5/c17-15(16(20)21)11-7-5-10(6-8-11)9-14(19)12-3-1-2-4-13(12)18(22)23/h1-3,5-8,15H,9H2,(H,20,21). The average Bonchev–Trinajstić information content (AvgIpc) is 2.54. The molecule has 1 atom stereocenters. The molecular weight excluding hydrogens is 322 g/mol. The Morgan fingerprint density at radius 3 is 2.48 bits per heavy atom. The number of benzene rings is 2. The molecule has 2 rings (SSSR count). The third kappa shape index (κ3) is 3.92. The van der Waals surface area contributed by atoms with Gasteiger partial charge >= 0.3 is 5.97 Å². The van der Waals surface area contributed by atoms with E-state index in [9.17, 15) is 19.7 Å². The molecule has 0 fully saturated rings. The van der Waals surface area contributed by atoms with Gasteiger partial charge in [0.15, 0.2) is 11.2 Å². The molecule has 0 amide bonds. The summed E-state index contributed by atoms with van der Waals surface area (Å²) >= 11 is 5.71. The Labute approximate surface area is 136 Å². The molecule has 2 aromatic rings. The Morgan fingerprint density at radius 1 is 1.26 bits per heavy atom. The fourth-order valence-electron chi connectivity index (χ4n) is 2.03. The van der Waals surface area contributed by atoms with Crippen LogP contribution in [0.4, 0.5) is 5.69 Å². The minimum absolute atomic E-state index is 0.0117. The number of carbonyl (C=O) groups is 2. The molecule has 1 N–H and O–H groups in total. The van der Waals surface area contributed by atoms with Crippen molar-refractivity contribution < 1.29 is 19.6 Å². The highest BCUT2D eigenvalue weighted by molar-refractivity contribution is 6.29. The van der Waals surface area contributed by atoms with Gasteiger partial charge in [-0.1, -0.05) is 30.3 Å². The lowest BCUT2D eigenvalue weighted by atomic mass is 10.00. The predicted octanol–water partition coefficient (Wildman–Crippen LogP) is 3.18. The number of alkyl halides is 1. The molecule has 6 nitrogen and oxygen atoms in total. The van der Waals surface area contributed by atoms with Crippen LogP contribution >= 0.6 is 11.6 Å². The lowest BCUT2D eigenvalue weighted by Gasteiger charge is -2.06. The summed E-state index contributed by atoms with van der Waals surface area (Å²) in [6.07, 6.45) is -0.0427. The number of para-hydroxylation sites is 1. The Morgan fingerprint density at radius 2 is 1.91 bits per heavy atom. The first kappa shape index (κ1) is 16.6. The van der Waals surface area contributed by atoms with E-state index in [1.165, 1.54) is 30.3 Å². The van der Waals surface area contributed by atoms with Crippen molar-refractivity contribution in [2.24, 2.45) is 0 Å². The van der Waals surface area contributed by atoms with Crippen LogP contribution in [0.1, 0.15) is 26.9 Å². The fraction of sp³-hybridized carbons (Fsp3) is 0.125. The van der Waals surface area contributed by atoms with Crippen LogP contribution in [0.5, 0.6) is 0 Å². The maximum Gasteiger partial charge on any atom is 0.326 e. The maximum atomic E-state index is 12.2. The molecule has 0 saturated carbocycles. The topological polar surface area (TPSA) is 97.5 Å². The first-order chi connectivity index (χ1) is 10.9. The van der Waals surface area contributed by atoms with E-state index in [0.717, 1.165) is 0 Å². The highest BCUT2D eigenvalue weighted by Gasteiger charge is 2.20. The zero-order valence-electron chi connectivity index (χ0n) is 11.7. The van der Waals surface area contributed by atoms with Gasteiger partial charge in [-0.15, -0.1) is 11.6 Å². The molecule has 2 aromatic carbocycles. The molecular formula is C16H11ClNO5. The van der Waals surface area contributed by atoms with E-state index >= 15 is 0 Å². The molecule has 1 radical (unpaired) electrons. The van der Waals surface area contributed by atoms with Crippen molar-refractivity contribution in [3.63, 3.8) is 0 Å². The van der Waals surface area contributed by atoms with Crippen molar-refractivity contribution in [1.82, 2.24) is 0 Å². The summed E-state index contributed by atoms with van der Waals surface area (Å²) in [4.78, 5) is 33.3. The van der Waals surface area contributed by atoms with Crippen molar-refractivity contribution in [3.05, 3.63) is 75.3 Å². The Hall–Kier alpha value is -2.73. The van der Waals surface area contributed by atoms with Crippen molar-refractivity contribution >= 4 is 29.0 Å². The first-order valence-electron chi connectivity index (χ1n) is 6.54. The summed E-state index contributed by atoms with van der Waals surface area (Å²) < 4.78 is 0. The molecule has 0 heterocycles. The Balaban J connectivity index is 2.18. The van der Waals surface area contributed by atoms with Gasteiger partial charge in [0.2, 0.25) is 0 Å². The largest absolute Gasteiger partial charge is 0.480 e. The van der Waals surface area contributed by atoms with Gasteiger partial charge in [0.25, 0.3) is 5.69 Å². The monoisotopic (exact) mass is 332 g/mol. The summed E-state index contributed by atoms with van der Waals surface area (Å²) in [7, 11) is 0. The minimum atomic E-state index is -1.16. The number of rotatable bonds is 6. The summed E-state index contributed by atoms with van der Waals surface area (Å²) in [5, 5.41) is 18.6. The number of halogens is 1. The molecule has 0 aliphatic heterocycles. The summed E-state index contributed by atoms with van der Waals surface area (Å²) in [6.45, 7) is 0. The number of nitrogens with zero attached hydrogens (tertiary/aromatic N) is 1. The third-order valence-corrected chi connectivity index (χ3v) is 3.61. The lowest BCUT2D eigenvalue weighted by Crippen LogP contribution is -2.08. The van der Waals surface area contributed by atoms with Crippen LogP contribution in [0.2, 0.25) is 0 Å². The van der Waals surface area contributed by atoms with Gasteiger partial charge < -0.3 is 5.11 Å². The molecule has 7 heteroatoms. The highest BCUT2D eigenvalue weighted by atomic mass is 35.5. The smallest absolute Gasteiger partial charge is 0.326 e. The van der Waals surface area contributed by atoms with Crippen molar-refractivity contribution in [2.75, 3.05) is 0 Å². The molecule has 117 valence electrons. The number of carboxylic acid groups (broad SMARTS) is 1. The van der Waals surface area contributed by atoms with E-state index in [2.05, 4.69) is 6.07 Å². The number of Topliss-reactive ketones (excluding diaryl/α,β-unsaturated/α-hetero) is 1. The van der Waals surface area contributed by atoms with Gasteiger partial charge in [-0.25, -0.2) is 0 Å². The molecule has 1 unspecified atom stereocenters. The van der Waals surface area contributed by atoms with E-state index < -0.39 is 22.1 Å². The number of aliphatic carboxylic acids is 1. The van der Waals surface area contributed by atoms with Gasteiger partial charge in [-0.3, -0.25) is 19.7 Å².